The topological polar surface area (TPSA) is 75.7 Å². The maximum atomic E-state index is 12.7. The van der Waals surface area contributed by atoms with Crippen LogP contribution in [0.25, 0.3) is 0 Å². The average Bonchev–Trinajstić information content (AvgIpc) is 3.07. The summed E-state index contributed by atoms with van der Waals surface area (Å²) in [5, 5.41) is 3.36. The van der Waals surface area contributed by atoms with Gasteiger partial charge in [0.25, 0.3) is 0 Å². The summed E-state index contributed by atoms with van der Waals surface area (Å²) in [5.41, 5.74) is 0.158. The molecule has 2 fully saturated rings. The van der Waals surface area contributed by atoms with E-state index in [0.29, 0.717) is 24.9 Å². The standard InChI is InChI=1S/C14H17ClN2O4S.ClH/c1-21-14(18)12-3-2-11(4-13(12)15)22(19,20)17-7-9-5-16-6-10(9)8-17;/h2-4,9-10,16H,5-8H2,1H3;1H/t9-,10+;. The third-order valence-corrected chi connectivity index (χ3v) is 6.48. The van der Waals surface area contributed by atoms with Gasteiger partial charge in [-0.05, 0) is 43.1 Å². The van der Waals surface area contributed by atoms with E-state index in [-0.39, 0.29) is 27.9 Å². The number of carbonyl (C=O) groups is 1. The second-order valence-corrected chi connectivity index (χ2v) is 7.98. The first-order valence-corrected chi connectivity index (χ1v) is 8.84. The number of hydrogen-bond acceptors (Lipinski definition) is 5. The molecule has 0 radical (unpaired) electrons. The van der Waals surface area contributed by atoms with Gasteiger partial charge in [0, 0.05) is 13.1 Å². The number of methoxy groups -OCH3 is 1. The molecule has 0 aromatic heterocycles. The van der Waals surface area contributed by atoms with Gasteiger partial charge in [0.1, 0.15) is 0 Å². The van der Waals surface area contributed by atoms with Gasteiger partial charge in [-0.25, -0.2) is 13.2 Å². The lowest BCUT2D eigenvalue weighted by molar-refractivity contribution is 0.0601. The van der Waals surface area contributed by atoms with E-state index in [9.17, 15) is 13.2 Å². The molecular weight excluding hydrogens is 363 g/mol. The quantitative estimate of drug-likeness (QED) is 0.801. The zero-order valence-corrected chi connectivity index (χ0v) is 14.9. The van der Waals surface area contributed by atoms with Crippen molar-refractivity contribution in [2.24, 2.45) is 11.8 Å². The van der Waals surface area contributed by atoms with E-state index in [1.807, 2.05) is 0 Å². The van der Waals surface area contributed by atoms with Crippen LogP contribution in [0.2, 0.25) is 5.02 Å². The molecule has 0 spiro atoms. The van der Waals surface area contributed by atoms with Crippen molar-refractivity contribution in [3.05, 3.63) is 28.8 Å². The average molecular weight is 381 g/mol. The fourth-order valence-corrected chi connectivity index (χ4v) is 4.99. The Hall–Kier alpha value is -0.860. The largest absolute Gasteiger partial charge is 0.465 e. The number of esters is 1. The second kappa shape index (κ2) is 6.94. The third-order valence-electron chi connectivity index (χ3n) is 4.34. The smallest absolute Gasteiger partial charge is 0.339 e. The second-order valence-electron chi connectivity index (χ2n) is 5.63. The lowest BCUT2D eigenvalue weighted by Gasteiger charge is -2.18. The molecule has 2 aliphatic heterocycles. The molecule has 128 valence electrons. The fourth-order valence-electron chi connectivity index (χ4n) is 3.09. The molecule has 0 amide bonds. The minimum absolute atomic E-state index is 0. The highest BCUT2D eigenvalue weighted by atomic mass is 35.5. The minimum atomic E-state index is -3.58. The van der Waals surface area contributed by atoms with Crippen LogP contribution in [0.5, 0.6) is 0 Å². The van der Waals surface area contributed by atoms with E-state index in [1.54, 1.807) is 0 Å². The van der Waals surface area contributed by atoms with Crippen LogP contribution in [-0.2, 0) is 14.8 Å². The Balaban J connectivity index is 0.00000192. The Bertz CT molecular complexity index is 699. The molecule has 0 aliphatic carbocycles. The first-order valence-electron chi connectivity index (χ1n) is 7.02. The molecule has 9 heteroatoms. The Morgan fingerprint density at radius 3 is 2.43 bits per heavy atom. The van der Waals surface area contributed by atoms with Crippen LogP contribution in [0.15, 0.2) is 23.1 Å². The number of nitrogens with zero attached hydrogens (tertiary/aromatic N) is 1. The summed E-state index contributed by atoms with van der Waals surface area (Å²) in [4.78, 5) is 11.6. The molecule has 0 saturated carbocycles. The van der Waals surface area contributed by atoms with Crippen LogP contribution in [0.3, 0.4) is 0 Å². The summed E-state index contributed by atoms with van der Waals surface area (Å²) in [5.74, 6) is 0.162. The van der Waals surface area contributed by atoms with E-state index in [1.165, 1.54) is 29.6 Å². The number of hydrogen-bond donors (Lipinski definition) is 1. The molecule has 2 aliphatic rings. The van der Waals surface area contributed by atoms with E-state index in [2.05, 4.69) is 10.1 Å². The molecule has 1 aromatic carbocycles. The number of benzene rings is 1. The van der Waals surface area contributed by atoms with Crippen molar-refractivity contribution in [3.63, 3.8) is 0 Å². The van der Waals surface area contributed by atoms with Gasteiger partial charge >= 0.3 is 5.97 Å². The van der Waals surface area contributed by atoms with Crippen molar-refractivity contribution in [2.45, 2.75) is 4.90 Å². The number of halogens is 2. The highest BCUT2D eigenvalue weighted by Gasteiger charge is 2.41. The lowest BCUT2D eigenvalue weighted by atomic mass is 10.0. The maximum absolute atomic E-state index is 12.7. The van der Waals surface area contributed by atoms with Crippen molar-refractivity contribution in [1.29, 1.82) is 0 Å². The molecule has 6 nitrogen and oxygen atoms in total. The number of fused-ring (bicyclic) bond motifs is 1. The first kappa shape index (κ1) is 18.5. The van der Waals surface area contributed by atoms with Crippen molar-refractivity contribution >= 4 is 40.0 Å². The normalized spacial score (nSPS) is 24.1. The van der Waals surface area contributed by atoms with Gasteiger partial charge in [-0.1, -0.05) is 11.6 Å². The summed E-state index contributed by atoms with van der Waals surface area (Å²) in [6.07, 6.45) is 0. The molecule has 0 unspecified atom stereocenters. The molecule has 2 atom stereocenters. The van der Waals surface area contributed by atoms with Gasteiger partial charge in [0.15, 0.2) is 0 Å². The molecule has 1 N–H and O–H groups in total. The highest BCUT2D eigenvalue weighted by Crippen LogP contribution is 2.32. The zero-order valence-electron chi connectivity index (χ0n) is 12.5. The Morgan fingerprint density at radius 2 is 1.91 bits per heavy atom. The van der Waals surface area contributed by atoms with Gasteiger partial charge < -0.3 is 10.1 Å². The fraction of sp³-hybridized carbons (Fsp3) is 0.500. The summed E-state index contributed by atoms with van der Waals surface area (Å²) in [6, 6.07) is 4.11. The van der Waals surface area contributed by atoms with Crippen molar-refractivity contribution < 1.29 is 17.9 Å². The molecule has 3 rings (SSSR count). The highest BCUT2D eigenvalue weighted by molar-refractivity contribution is 7.89. The van der Waals surface area contributed by atoms with E-state index >= 15 is 0 Å². The van der Waals surface area contributed by atoms with Crippen molar-refractivity contribution in [1.82, 2.24) is 9.62 Å². The Morgan fingerprint density at radius 1 is 1.30 bits per heavy atom. The number of nitrogens with one attached hydrogen (secondary N) is 1. The summed E-state index contributed by atoms with van der Waals surface area (Å²) >= 11 is 6.02. The number of ether oxygens (including phenoxy) is 1. The van der Waals surface area contributed by atoms with Crippen LogP contribution in [0, 0.1) is 11.8 Å². The van der Waals surface area contributed by atoms with Crippen LogP contribution in [0.4, 0.5) is 0 Å². The van der Waals surface area contributed by atoms with Gasteiger partial charge in [0.05, 0.1) is 22.6 Å². The molecule has 0 bridgehead atoms. The van der Waals surface area contributed by atoms with E-state index in [4.69, 9.17) is 11.6 Å². The third kappa shape index (κ3) is 3.34. The van der Waals surface area contributed by atoms with Gasteiger partial charge in [-0.15, -0.1) is 12.4 Å². The summed E-state index contributed by atoms with van der Waals surface area (Å²) < 4.78 is 31.5. The number of rotatable bonds is 3. The predicted octanol–water partition coefficient (Wildman–Crippen LogP) is 1.39. The van der Waals surface area contributed by atoms with Gasteiger partial charge in [0.2, 0.25) is 10.0 Å². The minimum Gasteiger partial charge on any atom is -0.465 e. The summed E-state index contributed by atoms with van der Waals surface area (Å²) in [7, 11) is -2.33. The first-order chi connectivity index (χ1) is 10.4. The SMILES string of the molecule is COC(=O)c1ccc(S(=O)(=O)N2C[C@H]3CNC[C@H]3C2)cc1Cl.Cl. The molecule has 23 heavy (non-hydrogen) atoms. The Labute approximate surface area is 146 Å². The van der Waals surface area contributed by atoms with Gasteiger partial charge in [-0.3, -0.25) is 0 Å². The van der Waals surface area contributed by atoms with Crippen molar-refractivity contribution in [2.75, 3.05) is 33.3 Å². The Kier molecular flexibility index (Phi) is 5.58. The number of carbonyl (C=O) groups excluding carboxylic acids is 1. The molecule has 2 heterocycles. The molecule has 2 saturated heterocycles. The summed E-state index contributed by atoms with van der Waals surface area (Å²) in [6.45, 7) is 2.77. The maximum Gasteiger partial charge on any atom is 0.339 e. The lowest BCUT2D eigenvalue weighted by Crippen LogP contribution is -2.32. The number of sulfonamides is 1. The van der Waals surface area contributed by atoms with E-state index in [0.717, 1.165) is 13.1 Å². The van der Waals surface area contributed by atoms with Crippen molar-refractivity contribution in [3.8, 4) is 0 Å². The molecule has 1 aromatic rings. The predicted molar refractivity (Wildman–Crippen MR) is 88.6 cm³/mol. The van der Waals surface area contributed by atoms with Crippen LogP contribution in [-0.4, -0.2) is 52.0 Å². The van der Waals surface area contributed by atoms with Gasteiger partial charge in [-0.2, -0.15) is 4.31 Å². The van der Waals surface area contributed by atoms with Crippen LogP contribution in [0.1, 0.15) is 10.4 Å². The monoisotopic (exact) mass is 380 g/mol. The van der Waals surface area contributed by atoms with Crippen LogP contribution >= 0.6 is 24.0 Å². The zero-order chi connectivity index (χ0) is 15.9. The van der Waals surface area contributed by atoms with E-state index < -0.39 is 16.0 Å². The molecular formula is C14H18Cl2N2O4S. The van der Waals surface area contributed by atoms with Crippen LogP contribution < -0.4 is 5.32 Å².